The summed E-state index contributed by atoms with van der Waals surface area (Å²) in [5.74, 6) is -0.0939. The van der Waals surface area contributed by atoms with Crippen LogP contribution < -0.4 is 5.14 Å². The Balaban J connectivity index is 2.19. The van der Waals surface area contributed by atoms with Crippen molar-refractivity contribution >= 4 is 27.5 Å². The van der Waals surface area contributed by atoms with Crippen LogP contribution in [-0.4, -0.2) is 47.2 Å². The summed E-state index contributed by atoms with van der Waals surface area (Å²) in [7, 11) is -3.61. The predicted molar refractivity (Wildman–Crippen MR) is 76.0 cm³/mol. The number of sulfonamides is 1. The Labute approximate surface area is 122 Å². The summed E-state index contributed by atoms with van der Waals surface area (Å²) in [5.41, 5.74) is 0.665. The lowest BCUT2D eigenvalue weighted by atomic mass is 10.1. The first-order valence-electron chi connectivity index (χ1n) is 6.44. The van der Waals surface area contributed by atoms with Crippen molar-refractivity contribution < 1.29 is 13.2 Å². The van der Waals surface area contributed by atoms with Crippen molar-refractivity contribution in [1.29, 1.82) is 0 Å². The van der Waals surface area contributed by atoms with Gasteiger partial charge in [-0.25, -0.2) is 13.6 Å². The summed E-state index contributed by atoms with van der Waals surface area (Å²) in [6.45, 7) is 4.57. The SMILES string of the molecule is CC(C)c1nnsc1C(=O)N1CCCC(S(N)(=O)=O)C1. The van der Waals surface area contributed by atoms with Crippen molar-refractivity contribution in [2.75, 3.05) is 13.1 Å². The molecular formula is C11H18N4O3S2. The van der Waals surface area contributed by atoms with E-state index in [1.54, 1.807) is 4.90 Å². The molecule has 0 spiro atoms. The van der Waals surface area contributed by atoms with E-state index in [1.807, 2.05) is 13.8 Å². The molecule has 1 atom stereocenters. The monoisotopic (exact) mass is 318 g/mol. The van der Waals surface area contributed by atoms with Gasteiger partial charge in [0, 0.05) is 13.1 Å². The molecule has 0 radical (unpaired) electrons. The average Bonchev–Trinajstić information content (AvgIpc) is 2.86. The number of rotatable bonds is 3. The molecule has 1 amide bonds. The van der Waals surface area contributed by atoms with Crippen LogP contribution in [0.1, 0.15) is 48.0 Å². The van der Waals surface area contributed by atoms with E-state index in [0.717, 1.165) is 11.5 Å². The molecule has 1 aromatic heterocycles. The standard InChI is InChI=1S/C11H18N4O3S2/c1-7(2)9-10(19-14-13-9)11(16)15-5-3-4-8(6-15)20(12,17)18/h7-8H,3-6H2,1-2H3,(H2,12,17,18). The van der Waals surface area contributed by atoms with E-state index in [9.17, 15) is 13.2 Å². The molecule has 0 aromatic carbocycles. The van der Waals surface area contributed by atoms with E-state index in [4.69, 9.17) is 5.14 Å². The van der Waals surface area contributed by atoms with Gasteiger partial charge >= 0.3 is 0 Å². The van der Waals surface area contributed by atoms with Gasteiger partial charge < -0.3 is 4.90 Å². The third-order valence-electron chi connectivity index (χ3n) is 3.38. The van der Waals surface area contributed by atoms with E-state index < -0.39 is 15.3 Å². The number of amides is 1. The molecule has 2 N–H and O–H groups in total. The number of carbonyl (C=O) groups is 1. The zero-order chi connectivity index (χ0) is 14.9. The van der Waals surface area contributed by atoms with Gasteiger partial charge in [-0.05, 0) is 30.3 Å². The number of likely N-dealkylation sites (tertiary alicyclic amines) is 1. The number of nitrogens with zero attached hydrogens (tertiary/aromatic N) is 3. The minimum atomic E-state index is -3.61. The summed E-state index contributed by atoms with van der Waals surface area (Å²) in [5, 5.41) is 8.48. The maximum atomic E-state index is 12.5. The van der Waals surface area contributed by atoms with Gasteiger partial charge in [-0.1, -0.05) is 18.3 Å². The van der Waals surface area contributed by atoms with E-state index in [-0.39, 0.29) is 18.4 Å². The van der Waals surface area contributed by atoms with E-state index >= 15 is 0 Å². The molecule has 7 nitrogen and oxygen atoms in total. The van der Waals surface area contributed by atoms with Gasteiger partial charge in [0.1, 0.15) is 4.88 Å². The van der Waals surface area contributed by atoms with Crippen LogP contribution in [0.5, 0.6) is 0 Å². The highest BCUT2D eigenvalue weighted by Crippen LogP contribution is 2.24. The minimum Gasteiger partial charge on any atom is -0.336 e. The average molecular weight is 318 g/mol. The molecule has 0 bridgehead atoms. The van der Waals surface area contributed by atoms with Gasteiger partial charge in [-0.15, -0.1) is 5.10 Å². The highest BCUT2D eigenvalue weighted by atomic mass is 32.2. The Hall–Kier alpha value is -1.06. The van der Waals surface area contributed by atoms with Gasteiger partial charge in [0.05, 0.1) is 10.9 Å². The molecule has 1 aliphatic heterocycles. The van der Waals surface area contributed by atoms with Crippen molar-refractivity contribution in [1.82, 2.24) is 14.5 Å². The molecule has 1 saturated heterocycles. The van der Waals surface area contributed by atoms with Gasteiger partial charge in [-0.2, -0.15) is 0 Å². The highest BCUT2D eigenvalue weighted by molar-refractivity contribution is 7.89. The third-order valence-corrected chi connectivity index (χ3v) is 5.43. The minimum absolute atomic E-state index is 0.103. The van der Waals surface area contributed by atoms with Crippen LogP contribution in [0.25, 0.3) is 0 Å². The maximum Gasteiger partial charge on any atom is 0.267 e. The summed E-state index contributed by atoms with van der Waals surface area (Å²) in [6, 6.07) is 0. The molecule has 9 heteroatoms. The number of piperidine rings is 1. The fraction of sp³-hybridized carbons (Fsp3) is 0.727. The first kappa shape index (κ1) is 15.3. The smallest absolute Gasteiger partial charge is 0.267 e. The van der Waals surface area contributed by atoms with Crippen molar-refractivity contribution in [3.8, 4) is 0 Å². The summed E-state index contributed by atoms with van der Waals surface area (Å²) in [4.78, 5) is 14.5. The lowest BCUT2D eigenvalue weighted by Crippen LogP contribution is -2.47. The number of aromatic nitrogens is 2. The number of nitrogens with two attached hydrogens (primary N) is 1. The van der Waals surface area contributed by atoms with E-state index in [1.165, 1.54) is 0 Å². The third kappa shape index (κ3) is 3.15. The van der Waals surface area contributed by atoms with E-state index in [0.29, 0.717) is 30.0 Å². The van der Waals surface area contributed by atoms with Crippen LogP contribution >= 0.6 is 11.5 Å². The fourth-order valence-electron chi connectivity index (χ4n) is 2.26. The molecule has 2 heterocycles. The van der Waals surface area contributed by atoms with Gasteiger partial charge in [0.15, 0.2) is 0 Å². The lowest BCUT2D eigenvalue weighted by molar-refractivity contribution is 0.0730. The van der Waals surface area contributed by atoms with Crippen LogP contribution in [0, 0.1) is 0 Å². The maximum absolute atomic E-state index is 12.5. The number of carbonyl (C=O) groups excluding carboxylic acids is 1. The number of hydrogen-bond donors (Lipinski definition) is 1. The number of primary sulfonamides is 1. The Morgan fingerprint density at radius 1 is 1.50 bits per heavy atom. The highest BCUT2D eigenvalue weighted by Gasteiger charge is 2.32. The first-order chi connectivity index (χ1) is 9.30. The van der Waals surface area contributed by atoms with Crippen LogP contribution in [-0.2, 0) is 10.0 Å². The first-order valence-corrected chi connectivity index (χ1v) is 8.82. The normalized spacial score (nSPS) is 20.4. The Morgan fingerprint density at radius 2 is 2.20 bits per heavy atom. The molecule has 20 heavy (non-hydrogen) atoms. The molecule has 2 rings (SSSR count). The van der Waals surface area contributed by atoms with E-state index in [2.05, 4.69) is 9.59 Å². The Kier molecular flexibility index (Phi) is 4.40. The zero-order valence-corrected chi connectivity index (χ0v) is 13.1. The second-order valence-electron chi connectivity index (χ2n) is 5.25. The predicted octanol–water partition coefficient (Wildman–Crippen LogP) is 0.555. The molecule has 1 aliphatic rings. The molecule has 0 aliphatic carbocycles. The van der Waals surface area contributed by atoms with Gasteiger partial charge in [-0.3, -0.25) is 4.79 Å². The summed E-state index contributed by atoms with van der Waals surface area (Å²) in [6.07, 6.45) is 1.14. The second-order valence-corrected chi connectivity index (χ2v) is 7.85. The molecule has 112 valence electrons. The van der Waals surface area contributed by atoms with Crippen molar-refractivity contribution in [2.45, 2.75) is 37.9 Å². The molecule has 1 unspecified atom stereocenters. The fourth-order valence-corrected chi connectivity index (χ4v) is 3.93. The van der Waals surface area contributed by atoms with Gasteiger partial charge in [0.2, 0.25) is 10.0 Å². The largest absolute Gasteiger partial charge is 0.336 e. The topological polar surface area (TPSA) is 106 Å². The molecule has 1 aromatic rings. The Bertz CT molecular complexity index is 597. The Morgan fingerprint density at radius 3 is 2.80 bits per heavy atom. The molecular weight excluding hydrogens is 300 g/mol. The quantitative estimate of drug-likeness (QED) is 0.876. The lowest BCUT2D eigenvalue weighted by Gasteiger charge is -2.31. The van der Waals surface area contributed by atoms with Crippen LogP contribution in [0.15, 0.2) is 0 Å². The van der Waals surface area contributed by atoms with Crippen molar-refractivity contribution in [2.24, 2.45) is 5.14 Å². The van der Waals surface area contributed by atoms with Crippen LogP contribution in [0.3, 0.4) is 0 Å². The molecule has 1 fully saturated rings. The summed E-state index contributed by atoms with van der Waals surface area (Å²) < 4.78 is 26.7. The second kappa shape index (κ2) is 5.74. The number of hydrogen-bond acceptors (Lipinski definition) is 6. The van der Waals surface area contributed by atoms with Crippen molar-refractivity contribution in [3.05, 3.63) is 10.6 Å². The summed E-state index contributed by atoms with van der Waals surface area (Å²) >= 11 is 1.06. The van der Waals surface area contributed by atoms with Gasteiger partial charge in [0.25, 0.3) is 5.91 Å². The van der Waals surface area contributed by atoms with Crippen molar-refractivity contribution in [3.63, 3.8) is 0 Å². The molecule has 0 saturated carbocycles. The van der Waals surface area contributed by atoms with Crippen LogP contribution in [0.4, 0.5) is 0 Å². The zero-order valence-electron chi connectivity index (χ0n) is 11.4. The van der Waals surface area contributed by atoms with Crippen LogP contribution in [0.2, 0.25) is 0 Å².